The van der Waals surface area contributed by atoms with Crippen molar-refractivity contribution < 1.29 is 18.3 Å². The van der Waals surface area contributed by atoms with Gasteiger partial charge in [-0.3, -0.25) is 4.79 Å². The minimum absolute atomic E-state index is 0.154. The number of rotatable bonds is 8. The summed E-state index contributed by atoms with van der Waals surface area (Å²) in [5, 5.41) is 6.00. The third-order valence-corrected chi connectivity index (χ3v) is 3.83. The highest BCUT2D eigenvalue weighted by atomic mass is 19.1. The monoisotopic (exact) mass is 348 g/mol. The third kappa shape index (κ3) is 5.83. The van der Waals surface area contributed by atoms with Crippen molar-refractivity contribution in [1.82, 2.24) is 10.6 Å². The number of halogens is 2. The molecule has 0 fully saturated rings. The molecule has 0 aliphatic rings. The first-order chi connectivity index (χ1) is 12.0. The fourth-order valence-corrected chi connectivity index (χ4v) is 2.35. The van der Waals surface area contributed by atoms with Crippen molar-refractivity contribution in [2.24, 2.45) is 0 Å². The number of amides is 1. The van der Waals surface area contributed by atoms with Crippen LogP contribution in [0.2, 0.25) is 0 Å². The van der Waals surface area contributed by atoms with E-state index < -0.39 is 17.5 Å². The van der Waals surface area contributed by atoms with Crippen molar-refractivity contribution in [3.05, 3.63) is 65.2 Å². The Labute approximate surface area is 146 Å². The number of carbonyl (C=O) groups excluding carboxylic acids is 1. The maximum Gasteiger partial charge on any atom is 0.254 e. The zero-order valence-electron chi connectivity index (χ0n) is 14.3. The minimum Gasteiger partial charge on any atom is -0.497 e. The van der Waals surface area contributed by atoms with Gasteiger partial charge in [0.25, 0.3) is 5.91 Å². The van der Waals surface area contributed by atoms with Crippen LogP contribution >= 0.6 is 0 Å². The maximum atomic E-state index is 13.5. The van der Waals surface area contributed by atoms with Crippen LogP contribution in [0.15, 0.2) is 42.5 Å². The molecule has 0 unspecified atom stereocenters. The van der Waals surface area contributed by atoms with E-state index in [4.69, 9.17) is 4.74 Å². The summed E-state index contributed by atoms with van der Waals surface area (Å²) in [7, 11) is 1.63. The van der Waals surface area contributed by atoms with Gasteiger partial charge in [0.15, 0.2) is 0 Å². The molecule has 6 heteroatoms. The molecule has 1 atom stereocenters. The highest BCUT2D eigenvalue weighted by Crippen LogP contribution is 2.12. The molecule has 0 radical (unpaired) electrons. The molecule has 0 aromatic heterocycles. The molecular weight excluding hydrogens is 326 g/mol. The lowest BCUT2D eigenvalue weighted by atomic mass is 10.1. The van der Waals surface area contributed by atoms with Crippen molar-refractivity contribution in [3.8, 4) is 5.75 Å². The number of hydrogen-bond acceptors (Lipinski definition) is 3. The molecule has 0 saturated carbocycles. The summed E-state index contributed by atoms with van der Waals surface area (Å²) < 4.78 is 31.6. The molecule has 0 heterocycles. The van der Waals surface area contributed by atoms with Crippen molar-refractivity contribution in [2.45, 2.75) is 25.9 Å². The second-order valence-electron chi connectivity index (χ2n) is 5.80. The van der Waals surface area contributed by atoms with Gasteiger partial charge in [-0.15, -0.1) is 0 Å². The van der Waals surface area contributed by atoms with Crippen LogP contribution in [0.5, 0.6) is 5.75 Å². The lowest BCUT2D eigenvalue weighted by Crippen LogP contribution is -2.32. The summed E-state index contributed by atoms with van der Waals surface area (Å²) in [5.41, 5.74) is 0.946. The van der Waals surface area contributed by atoms with Gasteiger partial charge in [0.1, 0.15) is 17.4 Å². The summed E-state index contributed by atoms with van der Waals surface area (Å²) in [5.74, 6) is -1.30. The Bertz CT molecular complexity index is 722. The number of nitrogens with one attached hydrogen (secondary N) is 2. The van der Waals surface area contributed by atoms with E-state index in [0.717, 1.165) is 23.4 Å². The van der Waals surface area contributed by atoms with Crippen LogP contribution in [0.1, 0.15) is 29.3 Å². The van der Waals surface area contributed by atoms with Gasteiger partial charge >= 0.3 is 0 Å². The molecule has 0 spiro atoms. The van der Waals surface area contributed by atoms with Gasteiger partial charge in [0, 0.05) is 25.2 Å². The molecular formula is C19H22F2N2O2. The van der Waals surface area contributed by atoms with Crippen LogP contribution in [0.25, 0.3) is 0 Å². The fraction of sp³-hybridized carbons (Fsp3) is 0.316. The number of carbonyl (C=O) groups is 1. The quantitative estimate of drug-likeness (QED) is 0.770. The highest BCUT2D eigenvalue weighted by molar-refractivity contribution is 5.94. The smallest absolute Gasteiger partial charge is 0.254 e. The zero-order chi connectivity index (χ0) is 18.2. The van der Waals surface area contributed by atoms with Gasteiger partial charge < -0.3 is 15.4 Å². The highest BCUT2D eigenvalue weighted by Gasteiger charge is 2.12. The van der Waals surface area contributed by atoms with E-state index in [1.165, 1.54) is 0 Å². The normalized spacial score (nSPS) is 11.8. The predicted molar refractivity (Wildman–Crippen MR) is 92.6 cm³/mol. The maximum absolute atomic E-state index is 13.5. The summed E-state index contributed by atoms with van der Waals surface area (Å²) in [4.78, 5) is 11.9. The molecule has 1 amide bonds. The van der Waals surface area contributed by atoms with Crippen LogP contribution in [0.4, 0.5) is 8.78 Å². The predicted octanol–water partition coefficient (Wildman–Crippen LogP) is 3.27. The van der Waals surface area contributed by atoms with Gasteiger partial charge in [-0.2, -0.15) is 0 Å². The molecule has 2 rings (SSSR count). The fourth-order valence-electron chi connectivity index (χ4n) is 2.35. The van der Waals surface area contributed by atoms with E-state index in [0.29, 0.717) is 25.6 Å². The van der Waals surface area contributed by atoms with Crippen molar-refractivity contribution >= 4 is 5.91 Å². The molecule has 0 saturated heterocycles. The average Bonchev–Trinajstić information content (AvgIpc) is 2.60. The Hall–Kier alpha value is -2.47. The molecule has 0 bridgehead atoms. The zero-order valence-corrected chi connectivity index (χ0v) is 14.3. The molecule has 2 N–H and O–H groups in total. The van der Waals surface area contributed by atoms with Crippen molar-refractivity contribution in [1.29, 1.82) is 0 Å². The summed E-state index contributed by atoms with van der Waals surface area (Å²) >= 11 is 0. The molecule has 2 aromatic carbocycles. The summed E-state index contributed by atoms with van der Waals surface area (Å²) in [6, 6.07) is 10.8. The van der Waals surface area contributed by atoms with Gasteiger partial charge in [0.2, 0.25) is 0 Å². The van der Waals surface area contributed by atoms with Crippen molar-refractivity contribution in [2.75, 3.05) is 13.7 Å². The first-order valence-corrected chi connectivity index (χ1v) is 8.09. The Morgan fingerprint density at radius 3 is 2.72 bits per heavy atom. The van der Waals surface area contributed by atoms with E-state index in [1.807, 2.05) is 31.2 Å². The largest absolute Gasteiger partial charge is 0.497 e. The topological polar surface area (TPSA) is 50.4 Å². The second kappa shape index (κ2) is 9.13. The number of hydrogen-bond donors (Lipinski definition) is 2. The molecule has 0 aliphatic heterocycles. The van der Waals surface area contributed by atoms with Crippen LogP contribution in [0.3, 0.4) is 0 Å². The first-order valence-electron chi connectivity index (χ1n) is 8.09. The van der Waals surface area contributed by atoms with Crippen LogP contribution in [0, 0.1) is 11.6 Å². The number of ether oxygens (including phenoxy) is 1. The van der Waals surface area contributed by atoms with Crippen LogP contribution in [-0.2, 0) is 6.54 Å². The molecule has 134 valence electrons. The molecule has 25 heavy (non-hydrogen) atoms. The third-order valence-electron chi connectivity index (χ3n) is 3.83. The minimum atomic E-state index is -0.860. The van der Waals surface area contributed by atoms with Crippen LogP contribution in [-0.4, -0.2) is 25.6 Å². The van der Waals surface area contributed by atoms with E-state index >= 15 is 0 Å². The van der Waals surface area contributed by atoms with E-state index in [9.17, 15) is 13.6 Å². The van der Waals surface area contributed by atoms with Gasteiger partial charge in [-0.05, 0) is 43.2 Å². The van der Waals surface area contributed by atoms with E-state index in [1.54, 1.807) is 7.11 Å². The average molecular weight is 348 g/mol. The molecule has 2 aromatic rings. The summed E-state index contributed by atoms with van der Waals surface area (Å²) in [6.07, 6.45) is 0.679. The first kappa shape index (κ1) is 18.9. The number of methoxy groups -OCH3 is 1. The Morgan fingerprint density at radius 2 is 2.00 bits per heavy atom. The van der Waals surface area contributed by atoms with Gasteiger partial charge in [-0.25, -0.2) is 8.78 Å². The van der Waals surface area contributed by atoms with Gasteiger partial charge in [-0.1, -0.05) is 12.1 Å². The lowest BCUT2D eigenvalue weighted by Gasteiger charge is -2.15. The van der Waals surface area contributed by atoms with Crippen LogP contribution < -0.4 is 15.4 Å². The van der Waals surface area contributed by atoms with E-state index in [2.05, 4.69) is 10.6 Å². The number of benzene rings is 2. The second-order valence-corrected chi connectivity index (χ2v) is 5.80. The lowest BCUT2D eigenvalue weighted by molar-refractivity contribution is 0.0948. The SMILES string of the molecule is COc1cccc(CN[C@@H](C)CCNC(=O)c2ccc(F)cc2F)c1. The Morgan fingerprint density at radius 1 is 1.20 bits per heavy atom. The molecule has 0 aliphatic carbocycles. The summed E-state index contributed by atoms with van der Waals surface area (Å²) in [6.45, 7) is 3.08. The Balaban J connectivity index is 1.74. The standard InChI is InChI=1S/C19H22F2N2O2/c1-13(23-12-14-4-3-5-16(10-14)25-2)8-9-22-19(24)17-7-6-15(20)11-18(17)21/h3-7,10-11,13,23H,8-9,12H2,1-2H3,(H,22,24)/t13-/m0/s1. The van der Waals surface area contributed by atoms with E-state index in [-0.39, 0.29) is 11.6 Å². The molecule has 4 nitrogen and oxygen atoms in total. The Kier molecular flexibility index (Phi) is 6.89. The van der Waals surface area contributed by atoms with Gasteiger partial charge in [0.05, 0.1) is 12.7 Å². The van der Waals surface area contributed by atoms with Crippen molar-refractivity contribution in [3.63, 3.8) is 0 Å².